The first-order chi connectivity index (χ1) is 12.0. The lowest BCUT2D eigenvalue weighted by Gasteiger charge is -2.38. The molecule has 2 heterocycles. The molecule has 132 valence electrons. The van der Waals surface area contributed by atoms with E-state index in [1.165, 1.54) is 0 Å². The molecular weight excluding hydrogens is 344 g/mol. The second kappa shape index (κ2) is 6.33. The smallest absolute Gasteiger partial charge is 0.307 e. The molecule has 1 aliphatic carbocycles. The summed E-state index contributed by atoms with van der Waals surface area (Å²) in [6.07, 6.45) is 2.84. The molecule has 4 rings (SSSR count). The van der Waals surface area contributed by atoms with Crippen LogP contribution >= 0.6 is 11.6 Å². The van der Waals surface area contributed by atoms with Gasteiger partial charge in [0.2, 0.25) is 5.91 Å². The molecule has 1 aromatic heterocycles. The van der Waals surface area contributed by atoms with Gasteiger partial charge in [-0.1, -0.05) is 11.6 Å². The van der Waals surface area contributed by atoms with Crippen LogP contribution in [0.5, 0.6) is 0 Å². The number of halogens is 1. The lowest BCUT2D eigenvalue weighted by atomic mass is 9.72. The Hall–Kier alpha value is -2.08. The number of nitrogens with zero attached hydrogens (tertiary/aromatic N) is 2. The fourth-order valence-electron chi connectivity index (χ4n) is 3.77. The molecule has 0 spiro atoms. The highest BCUT2D eigenvalue weighted by Gasteiger charge is 2.43. The van der Waals surface area contributed by atoms with E-state index in [0.717, 1.165) is 23.9 Å². The topological polar surface area (TPSA) is 83.6 Å². The Kier molecular flexibility index (Phi) is 4.15. The number of likely N-dealkylation sites (tertiary alicyclic amines) is 1. The van der Waals surface area contributed by atoms with E-state index in [4.69, 9.17) is 21.1 Å². The maximum absolute atomic E-state index is 12.5. The molecule has 2 aromatic rings. The summed E-state index contributed by atoms with van der Waals surface area (Å²) < 4.78 is 5.84. The van der Waals surface area contributed by atoms with Crippen molar-refractivity contribution in [2.45, 2.75) is 31.6 Å². The van der Waals surface area contributed by atoms with Crippen LogP contribution in [-0.2, 0) is 9.59 Å². The Morgan fingerprint density at radius 3 is 2.52 bits per heavy atom. The fraction of sp³-hybridized carbons (Fsp3) is 0.500. The molecule has 1 aromatic carbocycles. The number of amides is 1. The van der Waals surface area contributed by atoms with Gasteiger partial charge in [0.25, 0.3) is 0 Å². The number of carbonyl (C=O) groups excluding carboxylic acids is 1. The second-order valence-corrected chi connectivity index (χ2v) is 7.33. The van der Waals surface area contributed by atoms with Crippen molar-refractivity contribution >= 4 is 34.6 Å². The Labute approximate surface area is 149 Å². The minimum absolute atomic E-state index is 0.0125. The van der Waals surface area contributed by atoms with E-state index in [0.29, 0.717) is 36.8 Å². The van der Waals surface area contributed by atoms with Crippen molar-refractivity contribution in [3.63, 3.8) is 0 Å². The van der Waals surface area contributed by atoms with E-state index in [-0.39, 0.29) is 17.7 Å². The maximum Gasteiger partial charge on any atom is 0.307 e. The van der Waals surface area contributed by atoms with Gasteiger partial charge in [-0.25, -0.2) is 4.98 Å². The molecule has 1 amide bonds. The van der Waals surface area contributed by atoms with Crippen molar-refractivity contribution in [1.82, 2.24) is 9.88 Å². The van der Waals surface area contributed by atoms with Gasteiger partial charge < -0.3 is 14.4 Å². The predicted molar refractivity (Wildman–Crippen MR) is 91.4 cm³/mol. The largest absolute Gasteiger partial charge is 0.481 e. The molecule has 6 nitrogen and oxygen atoms in total. The monoisotopic (exact) mass is 362 g/mol. The number of benzene rings is 1. The molecule has 0 bridgehead atoms. The zero-order chi connectivity index (χ0) is 17.6. The number of aromatic nitrogens is 1. The minimum atomic E-state index is -0.857. The summed E-state index contributed by atoms with van der Waals surface area (Å²) in [5.41, 5.74) is 1.47. The minimum Gasteiger partial charge on any atom is -0.481 e. The van der Waals surface area contributed by atoms with Gasteiger partial charge in [-0.05, 0) is 43.9 Å². The average molecular weight is 363 g/mol. The highest BCUT2D eigenvalue weighted by atomic mass is 35.5. The van der Waals surface area contributed by atoms with Crippen LogP contribution in [0.2, 0.25) is 5.02 Å². The summed E-state index contributed by atoms with van der Waals surface area (Å²) in [5.74, 6) is -0.859. The van der Waals surface area contributed by atoms with Crippen LogP contribution in [0.15, 0.2) is 22.6 Å². The van der Waals surface area contributed by atoms with Crippen LogP contribution in [0.25, 0.3) is 11.1 Å². The molecule has 7 heteroatoms. The second-order valence-electron chi connectivity index (χ2n) is 6.89. The molecule has 1 aliphatic heterocycles. The van der Waals surface area contributed by atoms with Crippen LogP contribution in [0, 0.1) is 11.8 Å². The van der Waals surface area contributed by atoms with Crippen LogP contribution < -0.4 is 0 Å². The van der Waals surface area contributed by atoms with Crippen LogP contribution in [-0.4, -0.2) is 40.0 Å². The molecule has 0 radical (unpaired) electrons. The summed E-state index contributed by atoms with van der Waals surface area (Å²) in [6, 6.07) is 5.37. The fourth-order valence-corrected chi connectivity index (χ4v) is 3.93. The first-order valence-electron chi connectivity index (χ1n) is 8.60. The van der Waals surface area contributed by atoms with E-state index < -0.39 is 11.9 Å². The van der Waals surface area contributed by atoms with Gasteiger partial charge in [-0.3, -0.25) is 9.59 Å². The van der Waals surface area contributed by atoms with Crippen molar-refractivity contribution in [3.8, 4) is 0 Å². The number of carboxylic acids is 1. The maximum atomic E-state index is 12.5. The van der Waals surface area contributed by atoms with Gasteiger partial charge >= 0.3 is 5.97 Å². The molecule has 2 fully saturated rings. The number of aliphatic carboxylic acids is 1. The molecule has 1 saturated heterocycles. The predicted octanol–water partition coefficient (Wildman–Crippen LogP) is 3.30. The van der Waals surface area contributed by atoms with Gasteiger partial charge in [0, 0.05) is 24.0 Å². The van der Waals surface area contributed by atoms with Gasteiger partial charge in [-0.15, -0.1) is 0 Å². The lowest BCUT2D eigenvalue weighted by molar-refractivity contribution is -0.157. The number of carbonyl (C=O) groups is 2. The third-order valence-corrected chi connectivity index (χ3v) is 5.67. The van der Waals surface area contributed by atoms with Gasteiger partial charge in [-0.2, -0.15) is 0 Å². The van der Waals surface area contributed by atoms with E-state index in [2.05, 4.69) is 4.98 Å². The summed E-state index contributed by atoms with van der Waals surface area (Å²) in [6.45, 7) is 1.23. The number of piperidine rings is 1. The molecule has 2 unspecified atom stereocenters. The first kappa shape index (κ1) is 16.4. The van der Waals surface area contributed by atoms with Gasteiger partial charge in [0.1, 0.15) is 5.52 Å². The van der Waals surface area contributed by atoms with Crippen LogP contribution in [0.4, 0.5) is 0 Å². The molecular formula is C18H19ClN2O4. The van der Waals surface area contributed by atoms with Crippen molar-refractivity contribution < 1.29 is 19.1 Å². The highest BCUT2D eigenvalue weighted by molar-refractivity contribution is 6.31. The Morgan fingerprint density at radius 2 is 1.88 bits per heavy atom. The summed E-state index contributed by atoms with van der Waals surface area (Å²) >= 11 is 5.98. The van der Waals surface area contributed by atoms with Gasteiger partial charge in [0.15, 0.2) is 11.5 Å². The first-order valence-corrected chi connectivity index (χ1v) is 8.98. The number of hydrogen-bond donors (Lipinski definition) is 1. The molecule has 1 saturated carbocycles. The highest BCUT2D eigenvalue weighted by Crippen LogP contribution is 2.37. The van der Waals surface area contributed by atoms with Crippen LogP contribution in [0.3, 0.4) is 0 Å². The average Bonchev–Trinajstić information content (AvgIpc) is 2.96. The SMILES string of the molecule is O=C(O)C1CCC1C(=O)N1CCC(c2nc3cc(Cl)ccc3o2)CC1. The molecule has 25 heavy (non-hydrogen) atoms. The Balaban J connectivity index is 1.40. The van der Waals surface area contributed by atoms with Crippen LogP contribution in [0.1, 0.15) is 37.5 Å². The summed E-state index contributed by atoms with van der Waals surface area (Å²) in [5, 5.41) is 9.76. The number of carboxylic acid groups (broad SMARTS) is 1. The van der Waals surface area contributed by atoms with Crippen molar-refractivity contribution in [2.24, 2.45) is 11.8 Å². The zero-order valence-electron chi connectivity index (χ0n) is 13.7. The number of rotatable bonds is 3. The van der Waals surface area contributed by atoms with E-state index in [1.807, 2.05) is 6.07 Å². The van der Waals surface area contributed by atoms with Crippen molar-refractivity contribution in [1.29, 1.82) is 0 Å². The summed E-state index contributed by atoms with van der Waals surface area (Å²) in [4.78, 5) is 30.0. The van der Waals surface area contributed by atoms with E-state index in [9.17, 15) is 9.59 Å². The van der Waals surface area contributed by atoms with Gasteiger partial charge in [0.05, 0.1) is 11.8 Å². The van der Waals surface area contributed by atoms with E-state index >= 15 is 0 Å². The van der Waals surface area contributed by atoms with Crippen molar-refractivity contribution in [2.75, 3.05) is 13.1 Å². The third-order valence-electron chi connectivity index (χ3n) is 5.43. The number of oxazole rings is 1. The third kappa shape index (κ3) is 2.99. The zero-order valence-corrected chi connectivity index (χ0v) is 14.4. The molecule has 2 atom stereocenters. The van der Waals surface area contributed by atoms with Crippen molar-refractivity contribution in [3.05, 3.63) is 29.1 Å². The normalized spacial score (nSPS) is 24.3. The number of fused-ring (bicyclic) bond motifs is 1. The van der Waals surface area contributed by atoms with E-state index in [1.54, 1.807) is 17.0 Å². The Morgan fingerprint density at radius 1 is 1.16 bits per heavy atom. The lowest BCUT2D eigenvalue weighted by Crippen LogP contribution is -2.48. The standard InChI is InChI=1S/C18H19ClN2O4/c19-11-1-4-15-14(9-11)20-16(25-15)10-5-7-21(8-6-10)17(22)12-2-3-13(12)18(23)24/h1,4,9-10,12-13H,2-3,5-8H2,(H,23,24). The summed E-state index contributed by atoms with van der Waals surface area (Å²) in [7, 11) is 0. The number of hydrogen-bond acceptors (Lipinski definition) is 4. The molecule has 2 aliphatic rings. The molecule has 1 N–H and O–H groups in total. The quantitative estimate of drug-likeness (QED) is 0.905. The Bertz CT molecular complexity index is 826.